The molecule has 1 nitrogen and oxygen atoms in total. The lowest BCUT2D eigenvalue weighted by Gasteiger charge is -2.37. The fraction of sp³-hybridized carbons (Fsp3) is 0.800. The molecule has 0 N–H and O–H groups in total. The van der Waals surface area contributed by atoms with Gasteiger partial charge in [-0.05, 0) is 67.6 Å². The van der Waals surface area contributed by atoms with Crippen molar-refractivity contribution in [1.82, 2.24) is 0 Å². The number of carbonyl (C=O) groups is 1. The van der Waals surface area contributed by atoms with Crippen molar-refractivity contribution in [3.8, 4) is 0 Å². The monoisotopic (exact) mass is 360 g/mol. The number of carbonyl (C=O) groups excluding carboxylic acids is 1. The van der Waals surface area contributed by atoms with Crippen molar-refractivity contribution >= 4 is 6.29 Å². The number of hydrogen-bond acceptors (Lipinski definition) is 1. The number of unbranched alkanes of at least 4 members (excludes halogenated alkanes) is 3. The van der Waals surface area contributed by atoms with Gasteiger partial charge >= 0.3 is 0 Å². The summed E-state index contributed by atoms with van der Waals surface area (Å²) in [5.41, 5.74) is 0.0716. The fourth-order valence-corrected chi connectivity index (χ4v) is 4.88. The second-order valence-electron chi connectivity index (χ2n) is 9.22. The molecule has 0 amide bonds. The molecule has 0 radical (unpaired) electrons. The van der Waals surface area contributed by atoms with Crippen molar-refractivity contribution in [2.24, 2.45) is 29.1 Å². The number of aldehydes is 1. The maximum atomic E-state index is 11.5. The average molecular weight is 361 g/mol. The third-order valence-electron chi connectivity index (χ3n) is 6.62. The topological polar surface area (TPSA) is 17.1 Å². The van der Waals surface area contributed by atoms with Crippen LogP contribution in [0.5, 0.6) is 0 Å². The SMILES string of the molecule is C=CCCC[C@@](/C=C/[C@@H]1C[C@H](C)CC[C@H]1C(C)C)(CC=O)CCCCC. The Morgan fingerprint density at radius 3 is 2.50 bits per heavy atom. The van der Waals surface area contributed by atoms with E-state index in [1.165, 1.54) is 38.5 Å². The van der Waals surface area contributed by atoms with Gasteiger partial charge in [-0.1, -0.05) is 71.6 Å². The molecule has 1 rings (SSSR count). The smallest absolute Gasteiger partial charge is 0.120 e. The molecule has 1 aliphatic rings. The number of hydrogen-bond donors (Lipinski definition) is 0. The van der Waals surface area contributed by atoms with Crippen LogP contribution in [0, 0.1) is 29.1 Å². The summed E-state index contributed by atoms with van der Waals surface area (Å²) in [6, 6.07) is 0. The molecule has 150 valence electrons. The molecule has 4 atom stereocenters. The molecule has 0 aliphatic heterocycles. The van der Waals surface area contributed by atoms with E-state index >= 15 is 0 Å². The molecule has 1 fully saturated rings. The summed E-state index contributed by atoms with van der Waals surface area (Å²) in [5.74, 6) is 3.08. The minimum absolute atomic E-state index is 0.0716. The average Bonchev–Trinajstić information content (AvgIpc) is 2.60. The van der Waals surface area contributed by atoms with E-state index in [1.54, 1.807) is 0 Å². The number of allylic oxidation sites excluding steroid dienone is 3. The van der Waals surface area contributed by atoms with Crippen LogP contribution in [0.15, 0.2) is 24.8 Å². The largest absolute Gasteiger partial charge is 0.303 e. The van der Waals surface area contributed by atoms with Gasteiger partial charge in [-0.2, -0.15) is 0 Å². The molecule has 0 spiro atoms. The maximum absolute atomic E-state index is 11.5. The highest BCUT2D eigenvalue weighted by atomic mass is 16.1. The van der Waals surface area contributed by atoms with Crippen LogP contribution in [-0.4, -0.2) is 6.29 Å². The van der Waals surface area contributed by atoms with E-state index in [9.17, 15) is 4.79 Å². The van der Waals surface area contributed by atoms with Gasteiger partial charge in [-0.3, -0.25) is 0 Å². The standard InChI is InChI=1S/C25H44O/c1-6-8-10-15-25(18-19-26,16-11-9-7-2)17-14-23-20-22(5)12-13-24(23)21(3)4/h6,14,17,19,21-24H,1,7-13,15-16,18,20H2,2-5H3/b17-14+/t22-,23-,24+,25-/m1/s1. The van der Waals surface area contributed by atoms with Crippen LogP contribution in [-0.2, 0) is 4.79 Å². The first kappa shape index (κ1) is 23.2. The van der Waals surface area contributed by atoms with Gasteiger partial charge in [0.2, 0.25) is 0 Å². The molecule has 1 saturated carbocycles. The lowest BCUT2D eigenvalue weighted by atomic mass is 9.68. The molecule has 0 bridgehead atoms. The van der Waals surface area contributed by atoms with Crippen LogP contribution in [0.25, 0.3) is 0 Å². The molecule has 0 aromatic carbocycles. The van der Waals surface area contributed by atoms with Crippen LogP contribution >= 0.6 is 0 Å². The fourth-order valence-electron chi connectivity index (χ4n) is 4.88. The first-order chi connectivity index (χ1) is 12.5. The zero-order valence-corrected chi connectivity index (χ0v) is 18.0. The quantitative estimate of drug-likeness (QED) is 0.186. The van der Waals surface area contributed by atoms with Crippen molar-refractivity contribution < 1.29 is 4.79 Å². The van der Waals surface area contributed by atoms with Crippen LogP contribution < -0.4 is 0 Å². The van der Waals surface area contributed by atoms with E-state index in [0.29, 0.717) is 12.3 Å². The van der Waals surface area contributed by atoms with Gasteiger partial charge < -0.3 is 4.79 Å². The maximum Gasteiger partial charge on any atom is 0.120 e. The van der Waals surface area contributed by atoms with Crippen LogP contribution in [0.3, 0.4) is 0 Å². The Hall–Kier alpha value is -0.850. The Bertz CT molecular complexity index is 422. The van der Waals surface area contributed by atoms with Gasteiger partial charge in [-0.25, -0.2) is 0 Å². The zero-order chi connectivity index (χ0) is 19.4. The Morgan fingerprint density at radius 2 is 1.88 bits per heavy atom. The Kier molecular flexibility index (Phi) is 11.2. The van der Waals surface area contributed by atoms with Crippen LogP contribution in [0.1, 0.15) is 98.3 Å². The van der Waals surface area contributed by atoms with E-state index in [-0.39, 0.29) is 5.41 Å². The van der Waals surface area contributed by atoms with Gasteiger partial charge in [0.25, 0.3) is 0 Å². The zero-order valence-electron chi connectivity index (χ0n) is 18.0. The molecule has 0 unspecified atom stereocenters. The highest BCUT2D eigenvalue weighted by Crippen LogP contribution is 2.41. The predicted octanol–water partition coefficient (Wildman–Crippen LogP) is 7.76. The summed E-state index contributed by atoms with van der Waals surface area (Å²) < 4.78 is 0. The number of rotatable bonds is 13. The van der Waals surface area contributed by atoms with Gasteiger partial charge in [0.05, 0.1) is 0 Å². The molecule has 1 heteroatoms. The summed E-state index contributed by atoms with van der Waals surface area (Å²) in [7, 11) is 0. The lowest BCUT2D eigenvalue weighted by Crippen LogP contribution is -2.27. The van der Waals surface area contributed by atoms with Crippen molar-refractivity contribution in [2.75, 3.05) is 0 Å². The summed E-state index contributed by atoms with van der Waals surface area (Å²) >= 11 is 0. The summed E-state index contributed by atoms with van der Waals surface area (Å²) in [5, 5.41) is 0. The van der Waals surface area contributed by atoms with Crippen molar-refractivity contribution in [3.05, 3.63) is 24.8 Å². The van der Waals surface area contributed by atoms with E-state index in [4.69, 9.17) is 0 Å². The second-order valence-corrected chi connectivity index (χ2v) is 9.22. The normalized spacial score (nSPS) is 26.1. The predicted molar refractivity (Wildman–Crippen MR) is 115 cm³/mol. The third-order valence-corrected chi connectivity index (χ3v) is 6.62. The van der Waals surface area contributed by atoms with Crippen molar-refractivity contribution in [3.63, 3.8) is 0 Å². The van der Waals surface area contributed by atoms with Crippen molar-refractivity contribution in [2.45, 2.75) is 98.3 Å². The highest BCUT2D eigenvalue weighted by Gasteiger charge is 2.31. The van der Waals surface area contributed by atoms with Crippen LogP contribution in [0.4, 0.5) is 0 Å². The summed E-state index contributed by atoms with van der Waals surface area (Å²) in [4.78, 5) is 11.5. The van der Waals surface area contributed by atoms with Gasteiger partial charge in [-0.15, -0.1) is 6.58 Å². The van der Waals surface area contributed by atoms with Gasteiger partial charge in [0.15, 0.2) is 0 Å². The van der Waals surface area contributed by atoms with Crippen molar-refractivity contribution in [1.29, 1.82) is 0 Å². The molecule has 1 aliphatic carbocycles. The molecule has 0 heterocycles. The third kappa shape index (κ3) is 7.80. The summed E-state index contributed by atoms with van der Waals surface area (Å²) in [6.07, 6.45) is 21.1. The lowest BCUT2D eigenvalue weighted by molar-refractivity contribution is -0.109. The first-order valence-corrected chi connectivity index (χ1v) is 11.2. The summed E-state index contributed by atoms with van der Waals surface area (Å²) in [6.45, 7) is 13.3. The van der Waals surface area contributed by atoms with E-state index < -0.39 is 0 Å². The molecule has 0 aromatic rings. The molecule has 26 heavy (non-hydrogen) atoms. The van der Waals surface area contributed by atoms with E-state index in [2.05, 4.69) is 46.4 Å². The second kappa shape index (κ2) is 12.5. The van der Waals surface area contributed by atoms with Gasteiger partial charge in [0.1, 0.15) is 6.29 Å². The van der Waals surface area contributed by atoms with Crippen LogP contribution in [0.2, 0.25) is 0 Å². The minimum Gasteiger partial charge on any atom is -0.303 e. The highest BCUT2D eigenvalue weighted by molar-refractivity contribution is 5.51. The molecule has 0 aromatic heterocycles. The van der Waals surface area contributed by atoms with E-state index in [0.717, 1.165) is 49.7 Å². The molecular weight excluding hydrogens is 316 g/mol. The Labute approximate surface area is 163 Å². The first-order valence-electron chi connectivity index (χ1n) is 11.2. The molecule has 0 saturated heterocycles. The van der Waals surface area contributed by atoms with Gasteiger partial charge in [0, 0.05) is 6.42 Å². The van der Waals surface area contributed by atoms with E-state index in [1.807, 2.05) is 6.08 Å². The Morgan fingerprint density at radius 1 is 1.15 bits per heavy atom. The minimum atomic E-state index is 0.0716. The Balaban J connectivity index is 2.95. The molecular formula is C25H44O.